The first-order valence-electron chi connectivity index (χ1n) is 24.9. The number of β-lactam (4-membered cyclic amide) rings is 1. The molecule has 0 bridgehead atoms. The summed E-state index contributed by atoms with van der Waals surface area (Å²) < 4.78 is 67.2. The van der Waals surface area contributed by atoms with Crippen molar-refractivity contribution in [3.63, 3.8) is 0 Å². The van der Waals surface area contributed by atoms with Crippen LogP contribution < -0.4 is 15.2 Å². The summed E-state index contributed by atoms with van der Waals surface area (Å²) in [7, 11) is -6.09. The van der Waals surface area contributed by atoms with E-state index in [2.05, 4.69) is 52.2 Å². The third-order valence-electron chi connectivity index (χ3n) is 13.5. The molecule has 1 fully saturated rings. The van der Waals surface area contributed by atoms with Crippen LogP contribution in [-0.2, 0) is 46.2 Å². The highest BCUT2D eigenvalue weighted by atomic mass is 32.2. The highest BCUT2D eigenvalue weighted by molar-refractivity contribution is 7.86. The van der Waals surface area contributed by atoms with Crippen molar-refractivity contribution in [2.45, 2.75) is 62.5 Å². The van der Waals surface area contributed by atoms with E-state index in [1.807, 2.05) is 182 Å². The van der Waals surface area contributed by atoms with E-state index in [1.165, 1.54) is 16.2 Å². The quantitative estimate of drug-likeness (QED) is 0.0138. The summed E-state index contributed by atoms with van der Waals surface area (Å²) >= 11 is 1.32. The van der Waals surface area contributed by atoms with Gasteiger partial charge in [-0.3, -0.25) is 14.5 Å². The summed E-state index contributed by atoms with van der Waals surface area (Å²) in [5.41, 5.74) is 1.88. The molecule has 2 aromatic heterocycles. The second-order valence-corrected chi connectivity index (χ2v) is 20.7. The van der Waals surface area contributed by atoms with Gasteiger partial charge < -0.3 is 24.8 Å². The molecule has 402 valence electrons. The lowest BCUT2D eigenvalue weighted by molar-refractivity contribution is -0.585. The number of ether oxygens (including phenoxy) is 1. The summed E-state index contributed by atoms with van der Waals surface area (Å²) in [6.07, 6.45) is 4.01. The van der Waals surface area contributed by atoms with E-state index in [4.69, 9.17) is 27.5 Å². The Kier molecular flexibility index (Phi) is 16.6. The van der Waals surface area contributed by atoms with Gasteiger partial charge in [-0.25, -0.2) is 18.2 Å². The number of allylic oxidation sites excluding steroid dienone is 1. The number of oxime groups is 1. The van der Waals surface area contributed by atoms with Crippen LogP contribution in [-0.4, -0.2) is 63.9 Å². The van der Waals surface area contributed by atoms with Crippen LogP contribution in [0.5, 0.6) is 0 Å². The van der Waals surface area contributed by atoms with Crippen molar-refractivity contribution >= 4 is 55.8 Å². The van der Waals surface area contributed by atoms with Crippen LogP contribution in [0.2, 0.25) is 0 Å². The first kappa shape index (κ1) is 55.0. The minimum atomic E-state index is -6.09. The van der Waals surface area contributed by atoms with Crippen LogP contribution in [0.4, 0.5) is 18.3 Å². The topological polar surface area (TPSA) is 183 Å². The highest BCUT2D eigenvalue weighted by Gasteiger charge is 2.56. The normalized spacial score (nSPS) is 15.5. The number of rotatable bonds is 16. The summed E-state index contributed by atoms with van der Waals surface area (Å²) in [4.78, 5) is 56.6. The summed E-state index contributed by atoms with van der Waals surface area (Å²) in [6.45, 7) is 4.12. The maximum absolute atomic E-state index is 14.8. The van der Waals surface area contributed by atoms with Crippen LogP contribution >= 0.6 is 11.3 Å². The van der Waals surface area contributed by atoms with Gasteiger partial charge in [0.25, 0.3) is 11.8 Å². The molecule has 4 heterocycles. The fourth-order valence-electron chi connectivity index (χ4n) is 9.42. The van der Waals surface area contributed by atoms with E-state index in [1.54, 1.807) is 5.38 Å². The molecule has 2 aliphatic rings. The molecule has 6 aromatic carbocycles. The van der Waals surface area contributed by atoms with Crippen LogP contribution in [0, 0.1) is 13.8 Å². The third-order valence-corrected chi connectivity index (χ3v) is 14.8. The lowest BCUT2D eigenvalue weighted by Gasteiger charge is -2.49. The Morgan fingerprint density at radius 1 is 0.772 bits per heavy atom. The monoisotopic (exact) mass is 1100 g/mol. The molecule has 1 saturated heterocycles. The SMILES string of the molecule is Cc1cc[n+](C2=C(C(=O)OC(c3ccccc3)c3ccccc3)N3C(=O)[C@H](NC(=O)/C(=N\OCc4ccccc4)c4csc(NC(c5ccccc5)(c5ccccc5)c5ccccc5)n4)C3CC2)cc1C.O=S(=O)([O-])C(F)(F)F. The van der Waals surface area contributed by atoms with Crippen molar-refractivity contribution in [1.82, 2.24) is 15.2 Å². The second-order valence-electron chi connectivity index (χ2n) is 18.5. The highest BCUT2D eigenvalue weighted by Crippen LogP contribution is 2.42. The number of hydrogen-bond donors (Lipinski definition) is 2. The van der Waals surface area contributed by atoms with Crippen LogP contribution in [0.15, 0.2) is 217 Å². The number of carbonyl (C=O) groups is 3. The van der Waals surface area contributed by atoms with Gasteiger partial charge in [0.2, 0.25) is 5.70 Å². The molecule has 2 atom stereocenters. The fraction of sp³-hybridized carbons (Fsp3) is 0.167. The minimum absolute atomic E-state index is 0.0902. The molecule has 14 nitrogen and oxygen atoms in total. The molecule has 2 aliphatic heterocycles. The molecule has 2 amide bonds. The zero-order valence-electron chi connectivity index (χ0n) is 42.5. The number of esters is 1. The number of aromatic nitrogens is 2. The van der Waals surface area contributed by atoms with Crippen molar-refractivity contribution in [2.24, 2.45) is 5.16 Å². The first-order valence-corrected chi connectivity index (χ1v) is 27.2. The molecular weight excluding hydrogens is 1050 g/mol. The Labute approximate surface area is 458 Å². The Balaban J connectivity index is 0.000000879. The van der Waals surface area contributed by atoms with E-state index in [0.717, 1.165) is 44.5 Å². The van der Waals surface area contributed by atoms with Crippen molar-refractivity contribution in [3.8, 4) is 0 Å². The van der Waals surface area contributed by atoms with Gasteiger partial charge in [0.05, 0.1) is 6.04 Å². The number of nitrogens with one attached hydrogen (secondary N) is 2. The predicted octanol–water partition coefficient (Wildman–Crippen LogP) is 10.1. The van der Waals surface area contributed by atoms with E-state index in [9.17, 15) is 27.6 Å². The lowest BCUT2D eigenvalue weighted by Crippen LogP contribution is -2.72. The molecule has 0 saturated carbocycles. The summed E-state index contributed by atoms with van der Waals surface area (Å²) in [6, 6.07) is 59.6. The van der Waals surface area contributed by atoms with Gasteiger partial charge in [-0.1, -0.05) is 187 Å². The Morgan fingerprint density at radius 2 is 1.27 bits per heavy atom. The number of hydrogen-bond acceptors (Lipinski definition) is 12. The predicted molar refractivity (Wildman–Crippen MR) is 290 cm³/mol. The standard InChI is InChI=1S/C59H50N6O5S.CHF3O3S/c1-40-35-36-64(37-41(40)2)50-34-33-49-52(56(67)65(49)53(50)57(68)70-54(43-23-11-4-12-24-43)44-25-13-5-14-26-44)61-55(66)51(63-69-38-42-21-9-3-10-22-42)48-39-71-58(60-48)62-59(45-27-15-6-16-28-45,46-29-17-7-18-30-46)47-31-19-8-20-32-47;2-1(3,4)8(5,6)7/h3-32,35-37,39,49,52,54H,33-34,38H2,1-2H3,(H-,60,61,62,66);(H,5,6,7)/b63-51-;/t49?,52-;/m1./s1. The minimum Gasteiger partial charge on any atom is -0.741 e. The number of fused-ring (bicyclic) bond motifs is 1. The number of halogens is 3. The average Bonchev–Trinajstić information content (AvgIpc) is 4.09. The number of thiazole rings is 1. The van der Waals surface area contributed by atoms with E-state index >= 15 is 0 Å². The van der Waals surface area contributed by atoms with E-state index in [-0.39, 0.29) is 23.7 Å². The average molecular weight is 1110 g/mol. The smallest absolute Gasteiger partial charge is 0.485 e. The number of anilines is 1. The number of carbonyl (C=O) groups excluding carboxylic acids is 3. The maximum Gasteiger partial charge on any atom is 0.485 e. The lowest BCUT2D eigenvalue weighted by atomic mass is 9.77. The van der Waals surface area contributed by atoms with Gasteiger partial charge in [0.15, 0.2) is 45.2 Å². The number of pyridine rings is 1. The molecule has 1 unspecified atom stereocenters. The summed E-state index contributed by atoms with van der Waals surface area (Å²) in [5, 5.41) is 13.5. The van der Waals surface area contributed by atoms with Crippen LogP contribution in [0.1, 0.15) is 69.1 Å². The maximum atomic E-state index is 14.8. The number of benzene rings is 6. The van der Waals surface area contributed by atoms with Gasteiger partial charge in [-0.15, -0.1) is 11.3 Å². The zero-order chi connectivity index (χ0) is 55.7. The van der Waals surface area contributed by atoms with Crippen LogP contribution in [0.3, 0.4) is 0 Å². The Hall–Kier alpha value is -8.78. The van der Waals surface area contributed by atoms with Crippen molar-refractivity contribution in [2.75, 3.05) is 5.32 Å². The number of aryl methyl sites for hydroxylation is 2. The Morgan fingerprint density at radius 3 is 1.76 bits per heavy atom. The molecule has 0 radical (unpaired) electrons. The molecule has 19 heteroatoms. The number of nitrogens with zero attached hydrogens (tertiary/aromatic N) is 4. The van der Waals surface area contributed by atoms with Gasteiger partial charge in [-0.05, 0) is 59.2 Å². The molecule has 2 N–H and O–H groups in total. The van der Waals surface area contributed by atoms with Crippen molar-refractivity contribution < 1.29 is 54.7 Å². The van der Waals surface area contributed by atoms with E-state index < -0.39 is 57.1 Å². The molecule has 79 heavy (non-hydrogen) atoms. The van der Waals surface area contributed by atoms with Crippen LogP contribution in [0.25, 0.3) is 5.70 Å². The number of alkyl halides is 3. The van der Waals surface area contributed by atoms with Crippen molar-refractivity contribution in [1.29, 1.82) is 0 Å². The fourth-order valence-corrected chi connectivity index (χ4v) is 10.2. The number of amides is 2. The van der Waals surface area contributed by atoms with Gasteiger partial charge in [-0.2, -0.15) is 17.7 Å². The second kappa shape index (κ2) is 23.9. The summed E-state index contributed by atoms with van der Waals surface area (Å²) in [5.74, 6) is -1.75. The third kappa shape index (κ3) is 12.2. The van der Waals surface area contributed by atoms with Gasteiger partial charge in [0, 0.05) is 23.4 Å². The molecule has 0 aliphatic carbocycles. The van der Waals surface area contributed by atoms with Gasteiger partial charge >= 0.3 is 11.5 Å². The first-order chi connectivity index (χ1) is 38.0. The zero-order valence-corrected chi connectivity index (χ0v) is 44.1. The van der Waals surface area contributed by atoms with Gasteiger partial charge in [0.1, 0.15) is 23.9 Å². The largest absolute Gasteiger partial charge is 0.741 e. The molecular formula is C60H51F3N6O8S2. The molecule has 0 spiro atoms. The van der Waals surface area contributed by atoms with Crippen molar-refractivity contribution in [3.05, 3.63) is 262 Å². The van der Waals surface area contributed by atoms with E-state index in [0.29, 0.717) is 23.7 Å². The molecule has 8 aromatic rings. The Bertz CT molecular complexity index is 3480. The molecule has 10 rings (SSSR count).